The predicted octanol–water partition coefficient (Wildman–Crippen LogP) is 4.02. The second-order valence-corrected chi connectivity index (χ2v) is 4.68. The van der Waals surface area contributed by atoms with E-state index in [0.29, 0.717) is 13.0 Å². The largest absolute Gasteiger partial charge is 0.489 e. The minimum absolute atomic E-state index is 0.465. The molecule has 0 aliphatic carbocycles. The van der Waals surface area contributed by atoms with E-state index >= 15 is 0 Å². The SMILES string of the molecule is CC[C@@H](O)c1ccccc1OCc1ccccc1C. The van der Waals surface area contributed by atoms with Crippen LogP contribution in [0.4, 0.5) is 0 Å². The van der Waals surface area contributed by atoms with Gasteiger partial charge < -0.3 is 9.84 Å². The molecule has 0 fully saturated rings. The van der Waals surface area contributed by atoms with Crippen LogP contribution in [-0.4, -0.2) is 5.11 Å². The summed E-state index contributed by atoms with van der Waals surface area (Å²) in [5.41, 5.74) is 3.25. The van der Waals surface area contributed by atoms with Gasteiger partial charge in [-0.15, -0.1) is 0 Å². The van der Waals surface area contributed by atoms with Crippen molar-refractivity contribution in [3.8, 4) is 5.75 Å². The molecule has 0 aliphatic heterocycles. The normalized spacial score (nSPS) is 12.2. The van der Waals surface area contributed by atoms with Crippen LogP contribution in [0.2, 0.25) is 0 Å². The molecule has 0 saturated heterocycles. The molecule has 2 nitrogen and oxygen atoms in total. The zero-order chi connectivity index (χ0) is 13.7. The Bertz CT molecular complexity index is 534. The Morgan fingerprint density at radius 2 is 1.74 bits per heavy atom. The van der Waals surface area contributed by atoms with Gasteiger partial charge >= 0.3 is 0 Å². The monoisotopic (exact) mass is 256 g/mol. The van der Waals surface area contributed by atoms with E-state index in [-0.39, 0.29) is 0 Å². The maximum atomic E-state index is 9.98. The van der Waals surface area contributed by atoms with Gasteiger partial charge in [-0.25, -0.2) is 0 Å². The van der Waals surface area contributed by atoms with Crippen LogP contribution in [0.15, 0.2) is 48.5 Å². The number of hydrogen-bond donors (Lipinski definition) is 1. The van der Waals surface area contributed by atoms with Crippen molar-refractivity contribution in [2.24, 2.45) is 0 Å². The lowest BCUT2D eigenvalue weighted by molar-refractivity contribution is 0.166. The predicted molar refractivity (Wildman–Crippen MR) is 77.2 cm³/mol. The van der Waals surface area contributed by atoms with Crippen molar-refractivity contribution in [1.29, 1.82) is 0 Å². The molecule has 0 spiro atoms. The molecule has 0 amide bonds. The van der Waals surface area contributed by atoms with E-state index in [2.05, 4.69) is 19.1 Å². The minimum Gasteiger partial charge on any atom is -0.489 e. The summed E-state index contributed by atoms with van der Waals surface area (Å²) in [6, 6.07) is 15.9. The molecule has 2 rings (SSSR count). The minimum atomic E-state index is -0.465. The number of rotatable bonds is 5. The molecular formula is C17H20O2. The van der Waals surface area contributed by atoms with Crippen molar-refractivity contribution in [2.45, 2.75) is 33.0 Å². The van der Waals surface area contributed by atoms with Crippen molar-refractivity contribution in [3.63, 3.8) is 0 Å². The van der Waals surface area contributed by atoms with Crippen LogP contribution in [0.25, 0.3) is 0 Å². The van der Waals surface area contributed by atoms with E-state index in [4.69, 9.17) is 4.74 Å². The van der Waals surface area contributed by atoms with Gasteiger partial charge in [0, 0.05) is 5.56 Å². The number of benzene rings is 2. The average molecular weight is 256 g/mol. The number of para-hydroxylation sites is 1. The van der Waals surface area contributed by atoms with Gasteiger partial charge in [0.05, 0.1) is 6.10 Å². The summed E-state index contributed by atoms with van der Waals surface area (Å²) in [4.78, 5) is 0. The Morgan fingerprint density at radius 1 is 1.05 bits per heavy atom. The van der Waals surface area contributed by atoms with Gasteiger partial charge in [0.15, 0.2) is 0 Å². The van der Waals surface area contributed by atoms with Gasteiger partial charge in [-0.1, -0.05) is 49.4 Å². The fourth-order valence-corrected chi connectivity index (χ4v) is 2.03. The van der Waals surface area contributed by atoms with E-state index in [0.717, 1.165) is 11.3 Å². The van der Waals surface area contributed by atoms with Crippen LogP contribution in [0.1, 0.15) is 36.1 Å². The Labute approximate surface area is 114 Å². The molecule has 0 radical (unpaired) electrons. The number of aryl methyl sites for hydroxylation is 1. The smallest absolute Gasteiger partial charge is 0.125 e. The van der Waals surface area contributed by atoms with E-state index in [1.807, 2.05) is 43.3 Å². The summed E-state index contributed by atoms with van der Waals surface area (Å²) in [6.07, 6.45) is 0.221. The lowest BCUT2D eigenvalue weighted by Crippen LogP contribution is -2.03. The third kappa shape index (κ3) is 3.36. The molecule has 0 saturated carbocycles. The van der Waals surface area contributed by atoms with Crippen LogP contribution >= 0.6 is 0 Å². The molecule has 0 bridgehead atoms. The molecule has 2 aromatic carbocycles. The van der Waals surface area contributed by atoms with Gasteiger partial charge in [-0.3, -0.25) is 0 Å². The van der Waals surface area contributed by atoms with Crippen molar-refractivity contribution < 1.29 is 9.84 Å². The second kappa shape index (κ2) is 6.39. The standard InChI is InChI=1S/C17H20O2/c1-3-16(18)15-10-6-7-11-17(15)19-12-14-9-5-4-8-13(14)2/h4-11,16,18H,3,12H2,1-2H3/t16-/m1/s1. The number of hydrogen-bond acceptors (Lipinski definition) is 2. The van der Waals surface area contributed by atoms with Gasteiger partial charge in [-0.2, -0.15) is 0 Å². The van der Waals surface area contributed by atoms with Crippen LogP contribution in [-0.2, 0) is 6.61 Å². The molecule has 100 valence electrons. The lowest BCUT2D eigenvalue weighted by atomic mass is 10.1. The van der Waals surface area contributed by atoms with E-state index in [9.17, 15) is 5.11 Å². The van der Waals surface area contributed by atoms with Gasteiger partial charge in [0.2, 0.25) is 0 Å². The Hall–Kier alpha value is -1.80. The highest BCUT2D eigenvalue weighted by Crippen LogP contribution is 2.27. The molecule has 0 aromatic heterocycles. The number of aliphatic hydroxyl groups is 1. The topological polar surface area (TPSA) is 29.5 Å². The first-order chi connectivity index (χ1) is 9.22. The fourth-order valence-electron chi connectivity index (χ4n) is 2.03. The fraction of sp³-hybridized carbons (Fsp3) is 0.294. The molecule has 1 N–H and O–H groups in total. The van der Waals surface area contributed by atoms with Crippen molar-refractivity contribution in [1.82, 2.24) is 0 Å². The zero-order valence-corrected chi connectivity index (χ0v) is 11.5. The van der Waals surface area contributed by atoms with E-state index < -0.39 is 6.10 Å². The highest BCUT2D eigenvalue weighted by Gasteiger charge is 2.11. The second-order valence-electron chi connectivity index (χ2n) is 4.68. The molecule has 2 aromatic rings. The van der Waals surface area contributed by atoms with Gasteiger partial charge in [0.25, 0.3) is 0 Å². The van der Waals surface area contributed by atoms with Crippen molar-refractivity contribution in [3.05, 3.63) is 65.2 Å². The summed E-state index contributed by atoms with van der Waals surface area (Å²) in [6.45, 7) is 4.56. The lowest BCUT2D eigenvalue weighted by Gasteiger charge is -2.15. The molecular weight excluding hydrogens is 236 g/mol. The molecule has 2 heteroatoms. The first-order valence-electron chi connectivity index (χ1n) is 6.66. The molecule has 19 heavy (non-hydrogen) atoms. The summed E-state index contributed by atoms with van der Waals surface area (Å²) in [5.74, 6) is 0.764. The first-order valence-corrected chi connectivity index (χ1v) is 6.66. The molecule has 0 aliphatic rings. The maximum absolute atomic E-state index is 9.98. The summed E-state index contributed by atoms with van der Waals surface area (Å²) >= 11 is 0. The van der Waals surface area contributed by atoms with Crippen LogP contribution in [0.3, 0.4) is 0 Å². The van der Waals surface area contributed by atoms with E-state index in [1.54, 1.807) is 0 Å². The van der Waals surface area contributed by atoms with Crippen molar-refractivity contribution in [2.75, 3.05) is 0 Å². The number of aliphatic hydroxyl groups excluding tert-OH is 1. The average Bonchev–Trinajstić information content (AvgIpc) is 2.46. The Balaban J connectivity index is 2.14. The Morgan fingerprint density at radius 3 is 2.47 bits per heavy atom. The van der Waals surface area contributed by atoms with Crippen molar-refractivity contribution >= 4 is 0 Å². The first kappa shape index (κ1) is 13.6. The zero-order valence-electron chi connectivity index (χ0n) is 11.5. The highest BCUT2D eigenvalue weighted by atomic mass is 16.5. The van der Waals surface area contributed by atoms with Crippen LogP contribution in [0, 0.1) is 6.92 Å². The van der Waals surface area contributed by atoms with Crippen LogP contribution < -0.4 is 4.74 Å². The van der Waals surface area contributed by atoms with Crippen LogP contribution in [0.5, 0.6) is 5.75 Å². The summed E-state index contributed by atoms with van der Waals surface area (Å²) in [5, 5.41) is 9.98. The van der Waals surface area contributed by atoms with Gasteiger partial charge in [0.1, 0.15) is 12.4 Å². The van der Waals surface area contributed by atoms with E-state index in [1.165, 1.54) is 11.1 Å². The van der Waals surface area contributed by atoms with Gasteiger partial charge in [-0.05, 0) is 30.5 Å². The number of ether oxygens (including phenoxy) is 1. The summed E-state index contributed by atoms with van der Waals surface area (Å²) < 4.78 is 5.87. The maximum Gasteiger partial charge on any atom is 0.125 e. The highest BCUT2D eigenvalue weighted by molar-refractivity contribution is 5.35. The molecule has 0 unspecified atom stereocenters. The quantitative estimate of drug-likeness (QED) is 0.875. The summed E-state index contributed by atoms with van der Waals surface area (Å²) in [7, 11) is 0. The molecule has 0 heterocycles. The molecule has 1 atom stereocenters. The Kier molecular flexibility index (Phi) is 4.58. The third-order valence-corrected chi connectivity index (χ3v) is 3.31. The third-order valence-electron chi connectivity index (χ3n) is 3.31.